The fraction of sp³-hybridized carbons (Fsp3) is 0.200. The number of ether oxygens (including phenoxy) is 1. The van der Waals surface area contributed by atoms with Crippen LogP contribution >= 0.6 is 11.6 Å². The minimum absolute atomic E-state index is 0.215. The summed E-state index contributed by atoms with van der Waals surface area (Å²) in [6.07, 6.45) is -0.333. The lowest BCUT2D eigenvalue weighted by Crippen LogP contribution is -2.22. The van der Waals surface area contributed by atoms with Crippen molar-refractivity contribution in [1.82, 2.24) is 0 Å². The number of carbonyl (C=O) groups excluding carboxylic acids is 1. The highest BCUT2D eigenvalue weighted by molar-refractivity contribution is 6.32. The van der Waals surface area contributed by atoms with Gasteiger partial charge in [0, 0.05) is 5.56 Å². The molecule has 1 aromatic rings. The van der Waals surface area contributed by atoms with E-state index in [2.05, 4.69) is 0 Å². The van der Waals surface area contributed by atoms with Crippen molar-refractivity contribution in [3.05, 3.63) is 28.8 Å². The number of rotatable bonds is 4. The maximum atomic E-state index is 10.5. The lowest BCUT2D eigenvalue weighted by Gasteiger charge is -2.11. The minimum Gasteiger partial charge on any atom is -0.479 e. The maximum absolute atomic E-state index is 10.5. The third-order valence-corrected chi connectivity index (χ3v) is 2.04. The van der Waals surface area contributed by atoms with Gasteiger partial charge in [-0.05, 0) is 25.1 Å². The molecule has 15 heavy (non-hydrogen) atoms. The molecule has 0 aliphatic heterocycles. The summed E-state index contributed by atoms with van der Waals surface area (Å²) in [6, 6.07) is 4.38. The summed E-state index contributed by atoms with van der Waals surface area (Å²) in [5, 5.41) is 8.83. The topological polar surface area (TPSA) is 63.6 Å². The molecular weight excluding hydrogens is 220 g/mol. The Kier molecular flexibility index (Phi) is 3.68. The van der Waals surface area contributed by atoms with Crippen molar-refractivity contribution in [1.29, 1.82) is 0 Å². The van der Waals surface area contributed by atoms with Crippen molar-refractivity contribution in [2.45, 2.75) is 13.0 Å². The monoisotopic (exact) mass is 228 g/mol. The Morgan fingerprint density at radius 3 is 2.73 bits per heavy atom. The molecule has 0 aromatic heterocycles. The highest BCUT2D eigenvalue weighted by atomic mass is 35.5. The Labute approximate surface area is 91.4 Å². The molecule has 0 amide bonds. The van der Waals surface area contributed by atoms with Gasteiger partial charge in [-0.25, -0.2) is 4.79 Å². The number of halogens is 1. The van der Waals surface area contributed by atoms with E-state index < -0.39 is 12.1 Å². The van der Waals surface area contributed by atoms with E-state index in [4.69, 9.17) is 21.4 Å². The molecule has 0 saturated carbocycles. The number of carboxylic acid groups (broad SMARTS) is 1. The van der Waals surface area contributed by atoms with Crippen LogP contribution in [0.5, 0.6) is 5.75 Å². The first-order chi connectivity index (χ1) is 7.04. The average molecular weight is 229 g/mol. The SMILES string of the molecule is C[C@H](Oc1ccc(C=O)cc1Cl)C(=O)O. The molecule has 4 nitrogen and oxygen atoms in total. The zero-order valence-corrected chi connectivity index (χ0v) is 8.69. The van der Waals surface area contributed by atoms with E-state index in [0.29, 0.717) is 11.8 Å². The smallest absolute Gasteiger partial charge is 0.344 e. The first kappa shape index (κ1) is 11.5. The fourth-order valence-corrected chi connectivity index (χ4v) is 1.16. The molecule has 1 aromatic carbocycles. The molecule has 0 saturated heterocycles. The predicted octanol–water partition coefficient (Wildman–Crippen LogP) is 2.00. The third kappa shape index (κ3) is 2.95. The lowest BCUT2D eigenvalue weighted by atomic mass is 10.2. The van der Waals surface area contributed by atoms with E-state index in [1.165, 1.54) is 25.1 Å². The van der Waals surface area contributed by atoms with Crippen LogP contribution in [-0.4, -0.2) is 23.5 Å². The van der Waals surface area contributed by atoms with Crippen LogP contribution in [0.3, 0.4) is 0 Å². The van der Waals surface area contributed by atoms with Gasteiger partial charge in [0.2, 0.25) is 0 Å². The average Bonchev–Trinajstić information content (AvgIpc) is 2.20. The van der Waals surface area contributed by atoms with Crippen molar-refractivity contribution < 1.29 is 19.4 Å². The Hall–Kier alpha value is -1.55. The highest BCUT2D eigenvalue weighted by Gasteiger charge is 2.14. The lowest BCUT2D eigenvalue weighted by molar-refractivity contribution is -0.144. The number of aliphatic carboxylic acids is 1. The van der Waals surface area contributed by atoms with Crippen molar-refractivity contribution in [3.8, 4) is 5.75 Å². The molecule has 1 N–H and O–H groups in total. The third-order valence-electron chi connectivity index (χ3n) is 1.74. The van der Waals surface area contributed by atoms with Gasteiger partial charge in [-0.2, -0.15) is 0 Å². The first-order valence-corrected chi connectivity index (χ1v) is 4.56. The fourth-order valence-electron chi connectivity index (χ4n) is 0.927. The van der Waals surface area contributed by atoms with Crippen LogP contribution in [0, 0.1) is 0 Å². The number of hydrogen-bond acceptors (Lipinski definition) is 3. The van der Waals surface area contributed by atoms with Crippen LogP contribution in [0.25, 0.3) is 0 Å². The zero-order valence-electron chi connectivity index (χ0n) is 7.94. The van der Waals surface area contributed by atoms with Crippen LogP contribution in [0.4, 0.5) is 0 Å². The van der Waals surface area contributed by atoms with Crippen LogP contribution in [0.2, 0.25) is 5.02 Å². The van der Waals surface area contributed by atoms with Gasteiger partial charge in [0.25, 0.3) is 0 Å². The molecule has 1 atom stereocenters. The second-order valence-corrected chi connectivity index (χ2v) is 3.31. The van der Waals surface area contributed by atoms with Crippen molar-refractivity contribution in [2.24, 2.45) is 0 Å². The molecule has 0 bridgehead atoms. The summed E-state index contributed by atoms with van der Waals surface area (Å²) in [4.78, 5) is 20.9. The molecular formula is C10H9ClO4. The molecule has 0 aliphatic rings. The normalized spacial score (nSPS) is 11.9. The number of hydrogen-bond donors (Lipinski definition) is 1. The minimum atomic E-state index is -1.08. The Balaban J connectivity index is 2.87. The largest absolute Gasteiger partial charge is 0.479 e. The van der Waals surface area contributed by atoms with Crippen LogP contribution < -0.4 is 4.74 Å². The van der Waals surface area contributed by atoms with Gasteiger partial charge in [0.15, 0.2) is 6.10 Å². The highest BCUT2D eigenvalue weighted by Crippen LogP contribution is 2.25. The van der Waals surface area contributed by atoms with Gasteiger partial charge >= 0.3 is 5.97 Å². The van der Waals surface area contributed by atoms with Gasteiger partial charge in [-0.1, -0.05) is 11.6 Å². The van der Waals surface area contributed by atoms with E-state index in [-0.39, 0.29) is 10.8 Å². The molecule has 5 heteroatoms. The van der Waals surface area contributed by atoms with E-state index >= 15 is 0 Å². The van der Waals surface area contributed by atoms with Gasteiger partial charge in [-0.15, -0.1) is 0 Å². The van der Waals surface area contributed by atoms with Crippen molar-refractivity contribution in [3.63, 3.8) is 0 Å². The summed E-state index contributed by atoms with van der Waals surface area (Å²) in [5.41, 5.74) is 0.412. The van der Waals surface area contributed by atoms with E-state index in [0.717, 1.165) is 0 Å². The quantitative estimate of drug-likeness (QED) is 0.801. The first-order valence-electron chi connectivity index (χ1n) is 4.18. The molecule has 0 fully saturated rings. The van der Waals surface area contributed by atoms with Crippen molar-refractivity contribution in [2.75, 3.05) is 0 Å². The van der Waals surface area contributed by atoms with Crippen molar-refractivity contribution >= 4 is 23.9 Å². The predicted molar refractivity (Wildman–Crippen MR) is 54.6 cm³/mol. The van der Waals surface area contributed by atoms with Crippen LogP contribution in [0.15, 0.2) is 18.2 Å². The van der Waals surface area contributed by atoms with E-state index in [1.54, 1.807) is 0 Å². The number of carbonyl (C=O) groups is 2. The van der Waals surface area contributed by atoms with Gasteiger partial charge in [-0.3, -0.25) is 4.79 Å². The van der Waals surface area contributed by atoms with E-state index in [1.807, 2.05) is 0 Å². The second kappa shape index (κ2) is 4.79. The zero-order chi connectivity index (χ0) is 11.4. The Morgan fingerprint density at radius 2 is 2.27 bits per heavy atom. The molecule has 0 aliphatic carbocycles. The van der Waals surface area contributed by atoms with Crippen LogP contribution in [-0.2, 0) is 4.79 Å². The van der Waals surface area contributed by atoms with Gasteiger partial charge in [0.1, 0.15) is 12.0 Å². The Morgan fingerprint density at radius 1 is 1.60 bits per heavy atom. The number of benzene rings is 1. The standard InChI is InChI=1S/C10H9ClO4/c1-6(10(13)14)15-9-3-2-7(5-12)4-8(9)11/h2-6H,1H3,(H,13,14)/t6-/m0/s1. The second-order valence-electron chi connectivity index (χ2n) is 2.91. The molecule has 0 unspecified atom stereocenters. The molecule has 0 radical (unpaired) electrons. The molecule has 80 valence electrons. The summed E-state index contributed by atoms with van der Waals surface area (Å²) in [6.45, 7) is 1.40. The van der Waals surface area contributed by atoms with Gasteiger partial charge in [0.05, 0.1) is 5.02 Å². The molecule has 1 rings (SSSR count). The molecule has 0 spiro atoms. The summed E-state index contributed by atoms with van der Waals surface area (Å²) in [5.74, 6) is -0.831. The Bertz CT molecular complexity index is 389. The van der Waals surface area contributed by atoms with E-state index in [9.17, 15) is 9.59 Å². The summed E-state index contributed by atoms with van der Waals surface area (Å²) < 4.78 is 5.06. The summed E-state index contributed by atoms with van der Waals surface area (Å²) >= 11 is 5.78. The molecule has 0 heterocycles. The number of aldehydes is 1. The summed E-state index contributed by atoms with van der Waals surface area (Å²) in [7, 11) is 0. The van der Waals surface area contributed by atoms with Gasteiger partial charge < -0.3 is 9.84 Å². The number of carboxylic acids is 1. The van der Waals surface area contributed by atoms with Crippen LogP contribution in [0.1, 0.15) is 17.3 Å². The maximum Gasteiger partial charge on any atom is 0.344 e.